The SMILES string of the molecule is CN(C)CCNCCC(=O)N(C)Cc1ccccc1. The Balaban J connectivity index is 2.18. The van der Waals surface area contributed by atoms with E-state index in [1.54, 1.807) is 4.90 Å². The first-order valence-corrected chi connectivity index (χ1v) is 6.73. The first kappa shape index (κ1) is 15.7. The van der Waals surface area contributed by atoms with Crippen molar-refractivity contribution in [1.29, 1.82) is 0 Å². The van der Waals surface area contributed by atoms with Crippen LogP contribution in [-0.4, -0.2) is 56.5 Å². The van der Waals surface area contributed by atoms with E-state index in [4.69, 9.17) is 0 Å². The molecular formula is C15H25N3O. The fourth-order valence-electron chi connectivity index (χ4n) is 1.76. The number of hydrogen-bond acceptors (Lipinski definition) is 3. The molecule has 0 aliphatic carbocycles. The van der Waals surface area contributed by atoms with Gasteiger partial charge in [-0.1, -0.05) is 30.3 Å². The quantitative estimate of drug-likeness (QED) is 0.716. The van der Waals surface area contributed by atoms with Crippen molar-refractivity contribution in [2.75, 3.05) is 40.8 Å². The van der Waals surface area contributed by atoms with Crippen LogP contribution in [0.25, 0.3) is 0 Å². The highest BCUT2D eigenvalue weighted by molar-refractivity contribution is 5.76. The van der Waals surface area contributed by atoms with Crippen molar-refractivity contribution in [2.45, 2.75) is 13.0 Å². The standard InChI is InChI=1S/C15H25N3O/c1-17(2)12-11-16-10-9-15(19)18(3)13-14-7-5-4-6-8-14/h4-8,16H,9-13H2,1-3H3. The van der Waals surface area contributed by atoms with E-state index in [1.807, 2.05) is 51.5 Å². The average molecular weight is 263 g/mol. The maximum atomic E-state index is 11.9. The summed E-state index contributed by atoms with van der Waals surface area (Å²) in [6, 6.07) is 10.1. The molecule has 106 valence electrons. The minimum atomic E-state index is 0.182. The normalized spacial score (nSPS) is 10.7. The number of rotatable bonds is 8. The van der Waals surface area contributed by atoms with Crippen LogP contribution in [0.3, 0.4) is 0 Å². The molecule has 1 N–H and O–H groups in total. The summed E-state index contributed by atoms with van der Waals surface area (Å²) in [4.78, 5) is 15.8. The Bertz CT molecular complexity index is 365. The van der Waals surface area contributed by atoms with Gasteiger partial charge in [0.05, 0.1) is 0 Å². The molecule has 19 heavy (non-hydrogen) atoms. The maximum Gasteiger partial charge on any atom is 0.223 e. The fraction of sp³-hybridized carbons (Fsp3) is 0.533. The number of carbonyl (C=O) groups is 1. The highest BCUT2D eigenvalue weighted by Crippen LogP contribution is 2.03. The molecule has 1 aromatic rings. The molecule has 0 saturated carbocycles. The number of amides is 1. The van der Waals surface area contributed by atoms with E-state index in [9.17, 15) is 4.79 Å². The fourth-order valence-corrected chi connectivity index (χ4v) is 1.76. The third-order valence-electron chi connectivity index (χ3n) is 2.94. The monoisotopic (exact) mass is 263 g/mol. The van der Waals surface area contributed by atoms with Gasteiger partial charge in [0.1, 0.15) is 0 Å². The summed E-state index contributed by atoms with van der Waals surface area (Å²) in [5.74, 6) is 0.182. The zero-order valence-corrected chi connectivity index (χ0v) is 12.2. The second-order valence-corrected chi connectivity index (χ2v) is 5.04. The van der Waals surface area contributed by atoms with Crippen LogP contribution >= 0.6 is 0 Å². The van der Waals surface area contributed by atoms with Crippen molar-refractivity contribution in [3.63, 3.8) is 0 Å². The molecule has 0 fully saturated rings. The first-order valence-electron chi connectivity index (χ1n) is 6.73. The van der Waals surface area contributed by atoms with Gasteiger partial charge in [0.15, 0.2) is 0 Å². The minimum absolute atomic E-state index is 0.182. The molecule has 0 heterocycles. The van der Waals surface area contributed by atoms with E-state index in [0.29, 0.717) is 13.0 Å². The number of nitrogens with zero attached hydrogens (tertiary/aromatic N) is 2. The van der Waals surface area contributed by atoms with Gasteiger partial charge in [-0.05, 0) is 19.7 Å². The van der Waals surface area contributed by atoms with Gasteiger partial charge in [-0.15, -0.1) is 0 Å². The topological polar surface area (TPSA) is 35.6 Å². The molecule has 1 aromatic carbocycles. The summed E-state index contributed by atoms with van der Waals surface area (Å²) in [5, 5.41) is 3.28. The molecule has 1 amide bonds. The molecule has 0 radical (unpaired) electrons. The molecule has 4 nitrogen and oxygen atoms in total. The highest BCUT2D eigenvalue weighted by atomic mass is 16.2. The molecule has 1 rings (SSSR count). The molecule has 0 aliphatic heterocycles. The van der Waals surface area contributed by atoms with E-state index in [1.165, 1.54) is 5.56 Å². The summed E-state index contributed by atoms with van der Waals surface area (Å²) < 4.78 is 0. The number of carbonyl (C=O) groups excluding carboxylic acids is 1. The lowest BCUT2D eigenvalue weighted by Gasteiger charge is -2.17. The Hall–Kier alpha value is -1.39. The van der Waals surface area contributed by atoms with Crippen LogP contribution in [0, 0.1) is 0 Å². The van der Waals surface area contributed by atoms with Gasteiger partial charge in [-0.25, -0.2) is 0 Å². The lowest BCUT2D eigenvalue weighted by molar-refractivity contribution is -0.130. The van der Waals surface area contributed by atoms with Crippen LogP contribution in [0.1, 0.15) is 12.0 Å². The smallest absolute Gasteiger partial charge is 0.223 e. The molecule has 0 unspecified atom stereocenters. The number of benzene rings is 1. The Morgan fingerprint density at radius 1 is 1.11 bits per heavy atom. The van der Waals surface area contributed by atoms with E-state index in [2.05, 4.69) is 10.2 Å². The Morgan fingerprint density at radius 2 is 1.79 bits per heavy atom. The number of likely N-dealkylation sites (N-methyl/N-ethyl adjacent to an activating group) is 1. The van der Waals surface area contributed by atoms with Crippen LogP contribution in [0.5, 0.6) is 0 Å². The largest absolute Gasteiger partial charge is 0.341 e. The third kappa shape index (κ3) is 6.94. The molecule has 0 aliphatic rings. The van der Waals surface area contributed by atoms with E-state index in [-0.39, 0.29) is 5.91 Å². The maximum absolute atomic E-state index is 11.9. The average Bonchev–Trinajstić information content (AvgIpc) is 2.38. The number of hydrogen-bond donors (Lipinski definition) is 1. The molecule has 0 spiro atoms. The highest BCUT2D eigenvalue weighted by Gasteiger charge is 2.08. The zero-order valence-electron chi connectivity index (χ0n) is 12.2. The van der Waals surface area contributed by atoms with Gasteiger partial charge >= 0.3 is 0 Å². The molecular weight excluding hydrogens is 238 g/mol. The van der Waals surface area contributed by atoms with Crippen molar-refractivity contribution in [1.82, 2.24) is 15.1 Å². The van der Waals surface area contributed by atoms with Gasteiger partial charge in [-0.2, -0.15) is 0 Å². The van der Waals surface area contributed by atoms with Crippen molar-refractivity contribution in [3.05, 3.63) is 35.9 Å². The Morgan fingerprint density at radius 3 is 2.42 bits per heavy atom. The number of nitrogens with one attached hydrogen (secondary N) is 1. The van der Waals surface area contributed by atoms with E-state index >= 15 is 0 Å². The van der Waals surface area contributed by atoms with Gasteiger partial charge in [-0.3, -0.25) is 4.79 Å². The Kier molecular flexibility index (Phi) is 7.15. The van der Waals surface area contributed by atoms with E-state index < -0.39 is 0 Å². The first-order chi connectivity index (χ1) is 9.09. The second kappa shape index (κ2) is 8.67. The summed E-state index contributed by atoms with van der Waals surface area (Å²) >= 11 is 0. The van der Waals surface area contributed by atoms with Gasteiger partial charge in [0, 0.05) is 39.6 Å². The van der Waals surface area contributed by atoms with Crippen LogP contribution in [0.15, 0.2) is 30.3 Å². The molecule has 4 heteroatoms. The minimum Gasteiger partial charge on any atom is -0.341 e. The molecule has 0 atom stereocenters. The third-order valence-corrected chi connectivity index (χ3v) is 2.94. The van der Waals surface area contributed by atoms with Crippen LogP contribution < -0.4 is 5.32 Å². The van der Waals surface area contributed by atoms with Crippen molar-refractivity contribution >= 4 is 5.91 Å². The Labute approximate surface area is 116 Å². The van der Waals surface area contributed by atoms with Crippen LogP contribution in [0.2, 0.25) is 0 Å². The van der Waals surface area contributed by atoms with Crippen molar-refractivity contribution in [3.8, 4) is 0 Å². The summed E-state index contributed by atoms with van der Waals surface area (Å²) in [7, 11) is 5.94. The van der Waals surface area contributed by atoms with Crippen molar-refractivity contribution < 1.29 is 4.79 Å². The molecule has 0 bridgehead atoms. The molecule has 0 saturated heterocycles. The summed E-state index contributed by atoms with van der Waals surface area (Å²) in [6.45, 7) is 3.33. The molecule has 0 aromatic heterocycles. The predicted molar refractivity (Wildman–Crippen MR) is 79.0 cm³/mol. The summed E-state index contributed by atoms with van der Waals surface area (Å²) in [6.07, 6.45) is 0.552. The second-order valence-electron chi connectivity index (χ2n) is 5.04. The predicted octanol–water partition coefficient (Wildman–Crippen LogP) is 1.19. The van der Waals surface area contributed by atoms with Gasteiger partial charge in [0.2, 0.25) is 5.91 Å². The van der Waals surface area contributed by atoms with Crippen LogP contribution in [0.4, 0.5) is 0 Å². The summed E-state index contributed by atoms with van der Waals surface area (Å²) in [5.41, 5.74) is 1.17. The van der Waals surface area contributed by atoms with Crippen molar-refractivity contribution in [2.24, 2.45) is 0 Å². The lowest BCUT2D eigenvalue weighted by atomic mass is 10.2. The van der Waals surface area contributed by atoms with E-state index in [0.717, 1.165) is 19.6 Å². The van der Waals surface area contributed by atoms with Crippen LogP contribution in [-0.2, 0) is 11.3 Å². The van der Waals surface area contributed by atoms with Gasteiger partial charge in [0.25, 0.3) is 0 Å². The lowest BCUT2D eigenvalue weighted by Crippen LogP contribution is -2.32. The zero-order chi connectivity index (χ0) is 14.1. The van der Waals surface area contributed by atoms with Gasteiger partial charge < -0.3 is 15.1 Å².